The second kappa shape index (κ2) is 3.66. The van der Waals surface area contributed by atoms with E-state index < -0.39 is 5.97 Å². The minimum Gasteiger partial charge on any atom is -0.544 e. The van der Waals surface area contributed by atoms with Crippen molar-refractivity contribution in [2.75, 3.05) is 6.54 Å². The Morgan fingerprint density at radius 3 is 2.31 bits per heavy atom. The Morgan fingerprint density at radius 1 is 1.15 bits per heavy atom. The molecule has 3 nitrogen and oxygen atoms in total. The third-order valence-corrected chi connectivity index (χ3v) is 3.58. The van der Waals surface area contributed by atoms with Crippen LogP contribution in [0.5, 0.6) is 0 Å². The van der Waals surface area contributed by atoms with Crippen molar-refractivity contribution in [3.05, 3.63) is 0 Å². The summed E-state index contributed by atoms with van der Waals surface area (Å²) in [6.07, 6.45) is 7.17. The third-order valence-electron chi connectivity index (χ3n) is 3.58. The van der Waals surface area contributed by atoms with E-state index in [2.05, 4.69) is 0 Å². The highest BCUT2D eigenvalue weighted by molar-refractivity contribution is 5.70. The maximum atomic E-state index is 10.7. The quantitative estimate of drug-likeness (QED) is 0.580. The topological polar surface area (TPSA) is 44.6 Å². The molecule has 2 atom stereocenters. The van der Waals surface area contributed by atoms with Gasteiger partial charge in [0.2, 0.25) is 0 Å². The van der Waals surface area contributed by atoms with Crippen LogP contribution in [0.3, 0.4) is 0 Å². The zero-order valence-corrected chi connectivity index (χ0v) is 7.92. The number of nitrogens with one attached hydrogen (secondary N) is 1. The number of carbonyl (C=O) groups is 1. The summed E-state index contributed by atoms with van der Waals surface area (Å²) in [7, 11) is 0. The van der Waals surface area contributed by atoms with Gasteiger partial charge in [0.05, 0.1) is 25.0 Å². The molecule has 2 rings (SSSR count). The average molecular weight is 183 g/mol. The zero-order chi connectivity index (χ0) is 9.26. The molecule has 74 valence electrons. The molecule has 1 unspecified atom stereocenters. The SMILES string of the molecule is O=C([O-])[C@H]1CC[NH+]1C1CCCCC1. The molecular formula is C10H17NO2. The van der Waals surface area contributed by atoms with Crippen molar-refractivity contribution in [2.45, 2.75) is 50.6 Å². The van der Waals surface area contributed by atoms with Crippen molar-refractivity contribution in [1.29, 1.82) is 0 Å². The van der Waals surface area contributed by atoms with Crippen LogP contribution in [0.4, 0.5) is 0 Å². The molecular weight excluding hydrogens is 166 g/mol. The molecule has 2 fully saturated rings. The standard InChI is InChI=1S/C10H17NO2/c12-10(13)9-6-7-11(9)8-4-2-1-3-5-8/h8-9H,1-7H2,(H,12,13)/t9-/m1/s1. The van der Waals surface area contributed by atoms with Gasteiger partial charge in [0.15, 0.2) is 0 Å². The number of hydrogen-bond acceptors (Lipinski definition) is 2. The molecule has 0 bridgehead atoms. The van der Waals surface area contributed by atoms with Gasteiger partial charge in [0.25, 0.3) is 0 Å². The number of aliphatic carboxylic acids is 1. The summed E-state index contributed by atoms with van der Waals surface area (Å²) < 4.78 is 0. The van der Waals surface area contributed by atoms with Gasteiger partial charge in [-0.3, -0.25) is 0 Å². The van der Waals surface area contributed by atoms with Crippen molar-refractivity contribution >= 4 is 5.97 Å². The van der Waals surface area contributed by atoms with Gasteiger partial charge >= 0.3 is 0 Å². The summed E-state index contributed by atoms with van der Waals surface area (Å²) in [5.74, 6) is -0.841. The minimum absolute atomic E-state index is 0.192. The molecule has 1 aliphatic heterocycles. The summed E-state index contributed by atoms with van der Waals surface area (Å²) in [4.78, 5) is 12.0. The van der Waals surface area contributed by atoms with Gasteiger partial charge in [0.1, 0.15) is 6.04 Å². The first-order chi connectivity index (χ1) is 6.29. The average Bonchev–Trinajstić information content (AvgIpc) is 2.02. The van der Waals surface area contributed by atoms with Gasteiger partial charge in [-0.15, -0.1) is 0 Å². The Bertz CT molecular complexity index is 199. The van der Waals surface area contributed by atoms with E-state index in [0.29, 0.717) is 6.04 Å². The van der Waals surface area contributed by atoms with E-state index in [1.165, 1.54) is 37.0 Å². The van der Waals surface area contributed by atoms with Gasteiger partial charge in [0, 0.05) is 0 Å². The van der Waals surface area contributed by atoms with Crippen molar-refractivity contribution < 1.29 is 14.8 Å². The molecule has 1 saturated heterocycles. The number of likely N-dealkylation sites (tertiary alicyclic amines) is 1. The lowest BCUT2D eigenvalue weighted by Crippen LogP contribution is -3.26. The summed E-state index contributed by atoms with van der Waals surface area (Å²) in [5.41, 5.74) is 0. The molecule has 0 aromatic carbocycles. The summed E-state index contributed by atoms with van der Waals surface area (Å²) in [6.45, 7) is 1.04. The van der Waals surface area contributed by atoms with Gasteiger partial charge < -0.3 is 14.8 Å². The van der Waals surface area contributed by atoms with Crippen molar-refractivity contribution in [3.8, 4) is 0 Å². The molecule has 13 heavy (non-hydrogen) atoms. The van der Waals surface area contributed by atoms with Crippen LogP contribution in [0.2, 0.25) is 0 Å². The summed E-state index contributed by atoms with van der Waals surface area (Å²) in [5, 5.41) is 10.7. The first kappa shape index (κ1) is 9.00. The van der Waals surface area contributed by atoms with E-state index in [1.54, 1.807) is 0 Å². The number of quaternary nitrogens is 1. The monoisotopic (exact) mass is 183 g/mol. The Labute approximate surface area is 78.7 Å². The fourth-order valence-corrected chi connectivity index (χ4v) is 2.69. The lowest BCUT2D eigenvalue weighted by molar-refractivity contribution is -0.983. The zero-order valence-electron chi connectivity index (χ0n) is 7.92. The van der Waals surface area contributed by atoms with E-state index >= 15 is 0 Å². The fraction of sp³-hybridized carbons (Fsp3) is 0.900. The second-order valence-corrected chi connectivity index (χ2v) is 4.32. The van der Waals surface area contributed by atoms with Gasteiger partial charge in [-0.2, -0.15) is 0 Å². The maximum Gasteiger partial charge on any atom is 0.133 e. The number of rotatable bonds is 2. The van der Waals surface area contributed by atoms with Crippen LogP contribution in [0.1, 0.15) is 38.5 Å². The van der Waals surface area contributed by atoms with Gasteiger partial charge in [-0.05, 0) is 25.7 Å². The van der Waals surface area contributed by atoms with Crippen molar-refractivity contribution in [2.24, 2.45) is 0 Å². The predicted molar refractivity (Wildman–Crippen MR) is 46.1 cm³/mol. The third kappa shape index (κ3) is 1.70. The number of hydrogen-bond donors (Lipinski definition) is 1. The van der Waals surface area contributed by atoms with E-state index in [1.807, 2.05) is 0 Å². The fourth-order valence-electron chi connectivity index (χ4n) is 2.69. The molecule has 1 N–H and O–H groups in total. The highest BCUT2D eigenvalue weighted by atomic mass is 16.4. The second-order valence-electron chi connectivity index (χ2n) is 4.32. The van der Waals surface area contributed by atoms with Crippen LogP contribution in [0, 0.1) is 0 Å². The predicted octanol–water partition coefficient (Wildman–Crippen LogP) is -1.27. The molecule has 2 aliphatic rings. The molecule has 0 aromatic heterocycles. The lowest BCUT2D eigenvalue weighted by atomic mass is 9.89. The van der Waals surface area contributed by atoms with E-state index in [4.69, 9.17) is 0 Å². The molecule has 1 heterocycles. The van der Waals surface area contributed by atoms with Crippen LogP contribution in [0.15, 0.2) is 0 Å². The molecule has 3 heteroatoms. The van der Waals surface area contributed by atoms with Crippen LogP contribution >= 0.6 is 0 Å². The molecule has 0 aromatic rings. The highest BCUT2D eigenvalue weighted by Crippen LogP contribution is 2.17. The Kier molecular flexibility index (Phi) is 2.54. The van der Waals surface area contributed by atoms with Crippen LogP contribution < -0.4 is 10.0 Å². The van der Waals surface area contributed by atoms with E-state index in [0.717, 1.165) is 13.0 Å². The first-order valence-corrected chi connectivity index (χ1v) is 5.35. The van der Waals surface area contributed by atoms with Crippen molar-refractivity contribution in [1.82, 2.24) is 0 Å². The van der Waals surface area contributed by atoms with Crippen LogP contribution in [0.25, 0.3) is 0 Å². The molecule has 1 aliphatic carbocycles. The first-order valence-electron chi connectivity index (χ1n) is 5.35. The number of carboxylic acid groups (broad SMARTS) is 1. The van der Waals surface area contributed by atoms with Gasteiger partial charge in [-0.1, -0.05) is 6.42 Å². The van der Waals surface area contributed by atoms with E-state index in [-0.39, 0.29) is 6.04 Å². The number of carbonyl (C=O) groups excluding carboxylic acids is 1. The van der Waals surface area contributed by atoms with Crippen LogP contribution in [-0.2, 0) is 4.79 Å². The molecule has 0 radical (unpaired) electrons. The lowest BCUT2D eigenvalue weighted by Gasteiger charge is -2.44. The Morgan fingerprint density at radius 2 is 1.85 bits per heavy atom. The van der Waals surface area contributed by atoms with Gasteiger partial charge in [-0.25, -0.2) is 0 Å². The largest absolute Gasteiger partial charge is 0.544 e. The maximum absolute atomic E-state index is 10.7. The summed E-state index contributed by atoms with van der Waals surface area (Å²) in [6, 6.07) is 0.425. The number of carboxylic acids is 1. The minimum atomic E-state index is -0.841. The Hall–Kier alpha value is -0.570. The highest BCUT2D eigenvalue weighted by Gasteiger charge is 2.39. The van der Waals surface area contributed by atoms with Crippen molar-refractivity contribution in [3.63, 3.8) is 0 Å². The normalized spacial score (nSPS) is 35.4. The Balaban J connectivity index is 1.89. The molecule has 0 spiro atoms. The van der Waals surface area contributed by atoms with E-state index in [9.17, 15) is 9.90 Å². The smallest absolute Gasteiger partial charge is 0.133 e. The molecule has 0 amide bonds. The summed E-state index contributed by atoms with van der Waals surface area (Å²) >= 11 is 0. The van der Waals surface area contributed by atoms with Crippen LogP contribution in [-0.4, -0.2) is 24.6 Å². The molecule has 1 saturated carbocycles.